The van der Waals surface area contributed by atoms with Gasteiger partial charge < -0.3 is 28.4 Å². The van der Waals surface area contributed by atoms with Crippen molar-refractivity contribution >= 4 is 0 Å². The first-order chi connectivity index (χ1) is 33.0. The minimum atomic E-state index is -1.14. The summed E-state index contributed by atoms with van der Waals surface area (Å²) in [7, 11) is 0. The molecule has 1 unspecified atom stereocenters. The molecule has 5 aliphatic rings. The van der Waals surface area contributed by atoms with Crippen LogP contribution in [0.15, 0.2) is 121 Å². The van der Waals surface area contributed by atoms with E-state index in [1.807, 2.05) is 12.1 Å². The molecule has 6 nitrogen and oxygen atoms in total. The maximum absolute atomic E-state index is 7.57. The molecule has 0 N–H and O–H groups in total. The van der Waals surface area contributed by atoms with Crippen LogP contribution in [0, 0.1) is 52.3 Å². The molecule has 0 amide bonds. The van der Waals surface area contributed by atoms with Gasteiger partial charge in [-0.2, -0.15) is 0 Å². The van der Waals surface area contributed by atoms with Gasteiger partial charge in [0.05, 0.1) is 39.1 Å². The Kier molecular flexibility index (Phi) is 16.3. The molecule has 1 heterocycles. The number of rotatable bonds is 20. The fourth-order valence-corrected chi connectivity index (χ4v) is 14.8. The topological polar surface area (TPSA) is 55.4 Å². The minimum absolute atomic E-state index is 0.0382. The van der Waals surface area contributed by atoms with Gasteiger partial charge in [0.15, 0.2) is 5.79 Å². The Labute approximate surface area is 410 Å². The molecule has 368 valence electrons. The maximum Gasteiger partial charge on any atom is 0.195 e. The fraction of sp³-hybridized carbons (Fsp3) is 0.613. The van der Waals surface area contributed by atoms with Crippen LogP contribution in [0.25, 0.3) is 0 Å². The van der Waals surface area contributed by atoms with Crippen molar-refractivity contribution in [2.24, 2.45) is 52.3 Å². The van der Waals surface area contributed by atoms with Gasteiger partial charge in [-0.25, -0.2) is 0 Å². The molecule has 4 aromatic rings. The van der Waals surface area contributed by atoms with Gasteiger partial charge >= 0.3 is 0 Å². The van der Waals surface area contributed by atoms with E-state index in [0.717, 1.165) is 70.6 Å². The van der Waals surface area contributed by atoms with Gasteiger partial charge in [0.2, 0.25) is 0 Å². The number of fused-ring (bicyclic) bond motifs is 5. The second-order valence-electron chi connectivity index (χ2n) is 23.1. The third kappa shape index (κ3) is 11.2. The lowest BCUT2D eigenvalue weighted by Crippen LogP contribution is -2.67. The Morgan fingerprint density at radius 1 is 0.559 bits per heavy atom. The van der Waals surface area contributed by atoms with Crippen molar-refractivity contribution in [2.75, 3.05) is 6.61 Å². The summed E-state index contributed by atoms with van der Waals surface area (Å²) < 4.78 is 42.8. The van der Waals surface area contributed by atoms with E-state index in [2.05, 4.69) is 151 Å². The Balaban J connectivity index is 0.966. The molecule has 6 heteroatoms. The predicted molar refractivity (Wildman–Crippen MR) is 272 cm³/mol. The highest BCUT2D eigenvalue weighted by Gasteiger charge is 2.62. The lowest BCUT2D eigenvalue weighted by atomic mass is 9.44. The molecule has 4 aromatic carbocycles. The minimum Gasteiger partial charge on any atom is -0.374 e. The largest absolute Gasteiger partial charge is 0.374 e. The zero-order valence-corrected chi connectivity index (χ0v) is 42.4. The highest BCUT2D eigenvalue weighted by molar-refractivity contribution is 5.18. The van der Waals surface area contributed by atoms with Gasteiger partial charge in [-0.3, -0.25) is 0 Å². The molecular weight excluding hydrogens is 841 g/mol. The van der Waals surface area contributed by atoms with Crippen LogP contribution in [0.4, 0.5) is 0 Å². The molecule has 9 rings (SSSR count). The molecule has 68 heavy (non-hydrogen) atoms. The molecule has 0 radical (unpaired) electrons. The summed E-state index contributed by atoms with van der Waals surface area (Å²) in [5, 5.41) is 0. The van der Waals surface area contributed by atoms with Crippen LogP contribution >= 0.6 is 0 Å². The second kappa shape index (κ2) is 22.4. The molecule has 1 saturated heterocycles. The second-order valence-corrected chi connectivity index (χ2v) is 23.1. The summed E-state index contributed by atoms with van der Waals surface area (Å²) in [6.07, 6.45) is 13.8. The summed E-state index contributed by atoms with van der Waals surface area (Å²) in [4.78, 5) is 0. The molecule has 0 bridgehead atoms. The number of ether oxygens (including phenoxy) is 6. The smallest absolute Gasteiger partial charge is 0.195 e. The van der Waals surface area contributed by atoms with Crippen LogP contribution in [0.5, 0.6) is 0 Å². The maximum atomic E-state index is 7.57. The van der Waals surface area contributed by atoms with Gasteiger partial charge in [-0.15, -0.1) is 0 Å². The molecule has 4 saturated carbocycles. The van der Waals surface area contributed by atoms with Crippen LogP contribution in [0.1, 0.15) is 141 Å². The summed E-state index contributed by atoms with van der Waals surface area (Å²) in [6.45, 7) is 16.9. The summed E-state index contributed by atoms with van der Waals surface area (Å²) >= 11 is 0. The van der Waals surface area contributed by atoms with E-state index in [1.165, 1.54) is 64.2 Å². The van der Waals surface area contributed by atoms with Crippen molar-refractivity contribution in [3.63, 3.8) is 0 Å². The first-order valence-corrected chi connectivity index (χ1v) is 27.0. The van der Waals surface area contributed by atoms with E-state index in [0.29, 0.717) is 49.8 Å². The average Bonchev–Trinajstić information content (AvgIpc) is 3.71. The first-order valence-electron chi connectivity index (χ1n) is 27.0. The summed E-state index contributed by atoms with van der Waals surface area (Å²) in [6, 6.07) is 41.6. The SMILES string of the molecule is CC(C)CCC[C@@H](C)[C@H]1CC[C@H]2[C@@H]3CCC4C[C@@H](O[C@@]5(C)O[C@H](COCc6ccccc6)[C@@H](OCc6ccccc6)[C@H](OCc6ccccc6)[C@H]5OCc5ccccc5)CC[C@]4(C)[C@H]3CC[C@]12C. The van der Waals surface area contributed by atoms with Crippen molar-refractivity contribution in [3.05, 3.63) is 144 Å². The van der Waals surface area contributed by atoms with Gasteiger partial charge in [0.25, 0.3) is 0 Å². The van der Waals surface area contributed by atoms with E-state index < -0.39 is 30.2 Å². The Morgan fingerprint density at radius 2 is 1.10 bits per heavy atom. The number of hydrogen-bond donors (Lipinski definition) is 0. The van der Waals surface area contributed by atoms with Gasteiger partial charge in [0, 0.05) is 0 Å². The molecule has 0 spiro atoms. The predicted octanol–water partition coefficient (Wildman–Crippen LogP) is 14.6. The van der Waals surface area contributed by atoms with Crippen molar-refractivity contribution in [1.29, 1.82) is 0 Å². The number of benzene rings is 4. The number of hydrogen-bond acceptors (Lipinski definition) is 6. The zero-order chi connectivity index (χ0) is 47.1. The normalized spacial score (nSPS) is 35.0. The molecular formula is C62H84O6. The van der Waals surface area contributed by atoms with Gasteiger partial charge in [-0.1, -0.05) is 175 Å². The van der Waals surface area contributed by atoms with Crippen molar-refractivity contribution in [1.82, 2.24) is 0 Å². The molecule has 5 fully saturated rings. The Bertz CT molecular complexity index is 2120. The van der Waals surface area contributed by atoms with Crippen molar-refractivity contribution in [2.45, 2.75) is 181 Å². The van der Waals surface area contributed by atoms with Gasteiger partial charge in [0.1, 0.15) is 24.4 Å². The van der Waals surface area contributed by atoms with Gasteiger partial charge in [-0.05, 0) is 139 Å². The zero-order valence-electron chi connectivity index (χ0n) is 42.4. The van der Waals surface area contributed by atoms with Crippen LogP contribution in [-0.2, 0) is 54.8 Å². The van der Waals surface area contributed by atoms with E-state index >= 15 is 0 Å². The fourth-order valence-electron chi connectivity index (χ4n) is 14.8. The van der Waals surface area contributed by atoms with E-state index in [4.69, 9.17) is 28.4 Å². The highest BCUT2D eigenvalue weighted by Crippen LogP contribution is 2.68. The Hall–Kier alpha value is -3.36. The third-order valence-electron chi connectivity index (χ3n) is 18.3. The molecule has 1 aliphatic heterocycles. The summed E-state index contributed by atoms with van der Waals surface area (Å²) in [5.41, 5.74) is 5.24. The monoisotopic (exact) mass is 925 g/mol. The first kappa shape index (κ1) is 49.6. The Morgan fingerprint density at radius 3 is 1.71 bits per heavy atom. The molecule has 4 aliphatic carbocycles. The van der Waals surface area contributed by atoms with Crippen LogP contribution in [0.2, 0.25) is 0 Å². The van der Waals surface area contributed by atoms with Crippen molar-refractivity contribution in [3.8, 4) is 0 Å². The molecule has 0 aromatic heterocycles. The van der Waals surface area contributed by atoms with E-state index in [-0.39, 0.29) is 6.10 Å². The highest BCUT2D eigenvalue weighted by atomic mass is 16.7. The van der Waals surface area contributed by atoms with E-state index in [1.54, 1.807) is 0 Å². The van der Waals surface area contributed by atoms with E-state index in [9.17, 15) is 0 Å². The van der Waals surface area contributed by atoms with Crippen LogP contribution < -0.4 is 0 Å². The van der Waals surface area contributed by atoms with Crippen LogP contribution in [0.3, 0.4) is 0 Å². The summed E-state index contributed by atoms with van der Waals surface area (Å²) in [5.74, 6) is 4.58. The third-order valence-corrected chi connectivity index (χ3v) is 18.3. The van der Waals surface area contributed by atoms with Crippen LogP contribution in [-0.4, -0.2) is 42.9 Å². The standard InChI is InChI=1S/C62H84O6/c1-44(2)20-19-21-45(3)53-32-33-54-52-31-30-50-38-51(34-36-60(50,4)55(52)35-37-61(53,54)5)67-62(6)59(66-42-49-28-17-10-18-29-49)58(65-41-48-26-15-9-16-27-48)57(64-40-47-24-13-8-14-25-47)56(68-62)43-63-39-46-22-11-7-12-23-46/h7-18,22-29,44-45,50-59H,19-21,30-43H2,1-6H3/t45-,50?,51+,52+,53-,54+,55+,56-,57-,58+,59-,60+,61-,62+/m1/s1. The quantitative estimate of drug-likeness (QED) is 0.0823. The lowest BCUT2D eigenvalue weighted by molar-refractivity contribution is -0.388. The average molecular weight is 925 g/mol. The van der Waals surface area contributed by atoms with Crippen molar-refractivity contribution < 1.29 is 28.4 Å². The lowest BCUT2D eigenvalue weighted by Gasteiger charge is -2.62. The molecule has 14 atom stereocenters.